The number of nitrogens with one attached hydrogen (secondary N) is 1. The normalized spacial score (nSPS) is 18.6. The maximum Gasteiger partial charge on any atom is 0.317 e. The number of rotatable bonds is 6. The first kappa shape index (κ1) is 17.2. The molecule has 0 saturated carbocycles. The van der Waals surface area contributed by atoms with E-state index in [0.717, 1.165) is 19.6 Å². The number of hydrogen-bond acceptors (Lipinski definition) is 3. The van der Waals surface area contributed by atoms with Crippen LogP contribution in [0.15, 0.2) is 0 Å². The van der Waals surface area contributed by atoms with Crippen LogP contribution in [-0.4, -0.2) is 65.3 Å². The number of hydrogen-bond donors (Lipinski definition) is 2. The summed E-state index contributed by atoms with van der Waals surface area (Å²) in [6, 6.07) is 0.0515. The summed E-state index contributed by atoms with van der Waals surface area (Å²) in [7, 11) is 0. The highest BCUT2D eigenvalue weighted by atomic mass is 16.3. The minimum Gasteiger partial charge on any atom is -0.389 e. The summed E-state index contributed by atoms with van der Waals surface area (Å²) in [6.45, 7) is 11.6. The van der Waals surface area contributed by atoms with E-state index in [0.29, 0.717) is 13.1 Å². The highest BCUT2D eigenvalue weighted by Gasteiger charge is 2.22. The quantitative estimate of drug-likeness (QED) is 0.780. The zero-order valence-electron chi connectivity index (χ0n) is 13.5. The van der Waals surface area contributed by atoms with E-state index < -0.39 is 5.60 Å². The van der Waals surface area contributed by atoms with Gasteiger partial charge >= 0.3 is 6.03 Å². The average molecular weight is 285 g/mol. The highest BCUT2D eigenvalue weighted by molar-refractivity contribution is 5.74. The predicted molar refractivity (Wildman–Crippen MR) is 81.8 cm³/mol. The Morgan fingerprint density at radius 1 is 1.35 bits per heavy atom. The van der Waals surface area contributed by atoms with Crippen LogP contribution in [0.5, 0.6) is 0 Å². The second-order valence-corrected chi connectivity index (χ2v) is 6.54. The van der Waals surface area contributed by atoms with E-state index in [-0.39, 0.29) is 12.1 Å². The third-order valence-corrected chi connectivity index (χ3v) is 3.60. The fourth-order valence-corrected chi connectivity index (χ4v) is 2.67. The van der Waals surface area contributed by atoms with Crippen molar-refractivity contribution < 1.29 is 9.90 Å². The fourth-order valence-electron chi connectivity index (χ4n) is 2.67. The number of urea groups is 1. The Bertz CT molecular complexity index is 296. The zero-order chi connectivity index (χ0) is 15.2. The van der Waals surface area contributed by atoms with Crippen molar-refractivity contribution in [1.82, 2.24) is 15.1 Å². The van der Waals surface area contributed by atoms with Crippen molar-refractivity contribution in [3.63, 3.8) is 0 Å². The molecule has 2 amide bonds. The van der Waals surface area contributed by atoms with Crippen molar-refractivity contribution >= 4 is 6.03 Å². The SMILES string of the molecule is CCN(CC(C)(C)O)C(=O)NC(C)CN1CCCCC1. The molecule has 1 atom stereocenters. The molecule has 1 unspecified atom stereocenters. The topological polar surface area (TPSA) is 55.8 Å². The average Bonchev–Trinajstić information content (AvgIpc) is 2.35. The highest BCUT2D eigenvalue weighted by Crippen LogP contribution is 2.09. The number of amides is 2. The van der Waals surface area contributed by atoms with Crippen molar-refractivity contribution in [2.45, 2.75) is 58.6 Å². The van der Waals surface area contributed by atoms with Gasteiger partial charge in [0, 0.05) is 19.1 Å². The lowest BCUT2D eigenvalue weighted by Gasteiger charge is -2.32. The van der Waals surface area contributed by atoms with Crippen molar-refractivity contribution in [1.29, 1.82) is 0 Å². The minimum absolute atomic E-state index is 0.0841. The van der Waals surface area contributed by atoms with Crippen LogP contribution in [0.1, 0.15) is 47.0 Å². The van der Waals surface area contributed by atoms with Crippen molar-refractivity contribution in [2.24, 2.45) is 0 Å². The molecule has 0 aliphatic carbocycles. The van der Waals surface area contributed by atoms with Gasteiger partial charge in [-0.15, -0.1) is 0 Å². The second kappa shape index (κ2) is 7.84. The van der Waals surface area contributed by atoms with Gasteiger partial charge in [-0.25, -0.2) is 4.79 Å². The molecular formula is C15H31N3O2. The molecule has 0 radical (unpaired) electrons. The van der Waals surface area contributed by atoms with Gasteiger partial charge in [0.05, 0.1) is 12.1 Å². The molecule has 5 nitrogen and oxygen atoms in total. The Morgan fingerprint density at radius 2 is 1.95 bits per heavy atom. The molecular weight excluding hydrogens is 254 g/mol. The molecule has 5 heteroatoms. The van der Waals surface area contributed by atoms with Crippen LogP contribution < -0.4 is 5.32 Å². The van der Waals surface area contributed by atoms with Gasteiger partial charge in [0.25, 0.3) is 0 Å². The first-order valence-electron chi connectivity index (χ1n) is 7.82. The van der Waals surface area contributed by atoms with E-state index in [4.69, 9.17) is 0 Å². The van der Waals surface area contributed by atoms with E-state index in [2.05, 4.69) is 10.2 Å². The molecule has 1 rings (SSSR count). The Morgan fingerprint density at radius 3 is 2.45 bits per heavy atom. The number of likely N-dealkylation sites (tertiary alicyclic amines) is 1. The standard InChI is InChI=1S/C15H31N3O2/c1-5-18(12-15(3,4)20)14(19)16-13(2)11-17-9-7-6-8-10-17/h13,20H,5-12H2,1-4H3,(H,16,19). The summed E-state index contributed by atoms with van der Waals surface area (Å²) in [5.74, 6) is 0. The molecule has 118 valence electrons. The van der Waals surface area contributed by atoms with Gasteiger partial charge in [-0.3, -0.25) is 0 Å². The molecule has 0 bridgehead atoms. The summed E-state index contributed by atoms with van der Waals surface area (Å²) >= 11 is 0. The summed E-state index contributed by atoms with van der Waals surface area (Å²) in [6.07, 6.45) is 3.85. The van der Waals surface area contributed by atoms with Gasteiger partial charge < -0.3 is 20.2 Å². The first-order chi connectivity index (χ1) is 9.31. The first-order valence-corrected chi connectivity index (χ1v) is 7.82. The van der Waals surface area contributed by atoms with E-state index in [1.54, 1.807) is 18.7 Å². The van der Waals surface area contributed by atoms with E-state index in [1.807, 2.05) is 13.8 Å². The van der Waals surface area contributed by atoms with Crippen LogP contribution in [-0.2, 0) is 0 Å². The van der Waals surface area contributed by atoms with Crippen LogP contribution in [0.2, 0.25) is 0 Å². The van der Waals surface area contributed by atoms with Crippen LogP contribution >= 0.6 is 0 Å². The molecule has 2 N–H and O–H groups in total. The monoisotopic (exact) mass is 285 g/mol. The molecule has 1 aliphatic rings. The molecule has 1 heterocycles. The zero-order valence-corrected chi connectivity index (χ0v) is 13.5. The van der Waals surface area contributed by atoms with Gasteiger partial charge in [-0.2, -0.15) is 0 Å². The maximum absolute atomic E-state index is 12.2. The van der Waals surface area contributed by atoms with E-state index in [1.165, 1.54) is 19.3 Å². The van der Waals surface area contributed by atoms with Crippen LogP contribution in [0, 0.1) is 0 Å². The third kappa shape index (κ3) is 6.57. The number of carbonyl (C=O) groups is 1. The molecule has 0 aromatic heterocycles. The predicted octanol–water partition coefficient (Wildman–Crippen LogP) is 1.66. The van der Waals surface area contributed by atoms with Gasteiger partial charge in [0.1, 0.15) is 0 Å². The molecule has 20 heavy (non-hydrogen) atoms. The van der Waals surface area contributed by atoms with Crippen LogP contribution in [0.4, 0.5) is 4.79 Å². The molecule has 1 aliphatic heterocycles. The molecule has 0 aromatic carbocycles. The van der Waals surface area contributed by atoms with Crippen LogP contribution in [0.3, 0.4) is 0 Å². The molecule has 0 aromatic rings. The number of likely N-dealkylation sites (N-methyl/N-ethyl adjacent to an activating group) is 1. The smallest absolute Gasteiger partial charge is 0.317 e. The summed E-state index contributed by atoms with van der Waals surface area (Å²) in [5, 5.41) is 12.9. The second-order valence-electron chi connectivity index (χ2n) is 6.54. The maximum atomic E-state index is 12.2. The lowest BCUT2D eigenvalue weighted by Crippen LogP contribution is -2.51. The fraction of sp³-hybridized carbons (Fsp3) is 0.933. The van der Waals surface area contributed by atoms with Crippen molar-refractivity contribution in [3.8, 4) is 0 Å². The summed E-state index contributed by atoms with van der Waals surface area (Å²) in [4.78, 5) is 16.3. The Hall–Kier alpha value is -0.810. The number of piperidine rings is 1. The van der Waals surface area contributed by atoms with Crippen LogP contribution in [0.25, 0.3) is 0 Å². The van der Waals surface area contributed by atoms with Gasteiger partial charge in [0.2, 0.25) is 0 Å². The van der Waals surface area contributed by atoms with E-state index in [9.17, 15) is 9.90 Å². The lowest BCUT2D eigenvalue weighted by molar-refractivity contribution is 0.0473. The number of nitrogens with zero attached hydrogens (tertiary/aromatic N) is 2. The largest absolute Gasteiger partial charge is 0.389 e. The summed E-state index contributed by atoms with van der Waals surface area (Å²) < 4.78 is 0. The third-order valence-electron chi connectivity index (χ3n) is 3.60. The van der Waals surface area contributed by atoms with Crippen molar-refractivity contribution in [3.05, 3.63) is 0 Å². The Kier molecular flexibility index (Phi) is 6.76. The molecule has 1 fully saturated rings. The minimum atomic E-state index is -0.858. The van der Waals surface area contributed by atoms with Gasteiger partial charge in [0.15, 0.2) is 0 Å². The molecule has 1 saturated heterocycles. The number of carbonyl (C=O) groups excluding carboxylic acids is 1. The Labute approximate surface area is 123 Å². The lowest BCUT2D eigenvalue weighted by atomic mass is 10.1. The Balaban J connectivity index is 2.38. The van der Waals surface area contributed by atoms with Gasteiger partial charge in [-0.1, -0.05) is 6.42 Å². The summed E-state index contributed by atoms with van der Waals surface area (Å²) in [5.41, 5.74) is -0.858. The number of aliphatic hydroxyl groups is 1. The van der Waals surface area contributed by atoms with E-state index >= 15 is 0 Å². The van der Waals surface area contributed by atoms with Crippen molar-refractivity contribution in [2.75, 3.05) is 32.7 Å². The van der Waals surface area contributed by atoms with Gasteiger partial charge in [-0.05, 0) is 53.6 Å². The molecule has 0 spiro atoms.